The van der Waals surface area contributed by atoms with E-state index in [0.717, 1.165) is 35.2 Å². The van der Waals surface area contributed by atoms with Gasteiger partial charge >= 0.3 is 5.97 Å². The first kappa shape index (κ1) is 31.2. The molecule has 3 N–H and O–H groups in total. The van der Waals surface area contributed by atoms with Gasteiger partial charge in [-0.2, -0.15) is 4.98 Å². The van der Waals surface area contributed by atoms with Crippen LogP contribution in [0.5, 0.6) is 11.6 Å². The van der Waals surface area contributed by atoms with Crippen molar-refractivity contribution in [1.29, 1.82) is 0 Å². The highest BCUT2D eigenvalue weighted by Gasteiger charge is 2.35. The maximum absolute atomic E-state index is 14.8. The summed E-state index contributed by atoms with van der Waals surface area (Å²) in [5.74, 6) is -3.32. The lowest BCUT2D eigenvalue weighted by atomic mass is 10.0. The number of hydrogen-bond donors (Lipinski definition) is 2. The number of aliphatic carboxylic acids is 1. The molecule has 2 aromatic carbocycles. The minimum atomic E-state index is -1.09. The lowest BCUT2D eigenvalue weighted by molar-refractivity contribution is -0.139. The van der Waals surface area contributed by atoms with E-state index in [0.29, 0.717) is 24.9 Å². The van der Waals surface area contributed by atoms with E-state index in [2.05, 4.69) is 4.98 Å². The summed E-state index contributed by atoms with van der Waals surface area (Å²) in [6.07, 6.45) is 0.877. The van der Waals surface area contributed by atoms with Crippen molar-refractivity contribution in [3.05, 3.63) is 71.3 Å². The number of pyridine rings is 1. The van der Waals surface area contributed by atoms with Gasteiger partial charge in [0.2, 0.25) is 0 Å². The van der Waals surface area contributed by atoms with Gasteiger partial charge in [-0.05, 0) is 60.3 Å². The number of carbonyl (C=O) groups is 1. The van der Waals surface area contributed by atoms with Crippen LogP contribution in [0.3, 0.4) is 0 Å². The maximum atomic E-state index is 14.8. The number of carboxylic acid groups (broad SMARTS) is 1. The summed E-state index contributed by atoms with van der Waals surface area (Å²) in [4.78, 5) is 19.5. The van der Waals surface area contributed by atoms with E-state index in [1.165, 1.54) is 4.90 Å². The quantitative estimate of drug-likeness (QED) is 0.375. The molecular weight excluding hydrogens is 537 g/mol. The van der Waals surface area contributed by atoms with Crippen LogP contribution in [0.25, 0.3) is 11.1 Å². The molecule has 1 aromatic heterocycles. The zero-order valence-corrected chi connectivity index (χ0v) is 22.8. The van der Waals surface area contributed by atoms with E-state index in [1.807, 2.05) is 49.1 Å². The number of benzene rings is 2. The molecule has 0 spiro atoms. The van der Waals surface area contributed by atoms with Gasteiger partial charge in [0.25, 0.3) is 5.88 Å². The van der Waals surface area contributed by atoms with Gasteiger partial charge in [0.1, 0.15) is 11.8 Å². The minimum Gasteiger partial charge on any atom is -0.480 e. The van der Waals surface area contributed by atoms with Gasteiger partial charge in [0, 0.05) is 32.2 Å². The number of aryl methyl sites for hydroxylation is 1. The minimum absolute atomic E-state index is 0. The van der Waals surface area contributed by atoms with E-state index in [9.17, 15) is 18.7 Å². The summed E-state index contributed by atoms with van der Waals surface area (Å²) in [6, 6.07) is 12.9. The highest BCUT2D eigenvalue weighted by molar-refractivity contribution is 5.85. The third-order valence-corrected chi connectivity index (χ3v) is 6.20. The van der Waals surface area contributed by atoms with E-state index in [4.69, 9.17) is 10.5 Å². The van der Waals surface area contributed by atoms with Crippen molar-refractivity contribution in [3.8, 4) is 22.8 Å². The molecule has 1 saturated heterocycles. The van der Waals surface area contributed by atoms with Crippen LogP contribution in [-0.4, -0.2) is 53.2 Å². The summed E-state index contributed by atoms with van der Waals surface area (Å²) >= 11 is 0. The maximum Gasteiger partial charge on any atom is 0.327 e. The number of hydrogen-bond acceptors (Lipinski definition) is 6. The fraction of sp³-hybridized carbons (Fsp3) is 0.333. The molecule has 11 heteroatoms. The number of rotatable bonds is 8. The second-order valence-corrected chi connectivity index (χ2v) is 8.97. The van der Waals surface area contributed by atoms with Crippen molar-refractivity contribution in [3.63, 3.8) is 0 Å². The number of ether oxygens (including phenoxy) is 1. The standard InChI is InChI=1S/C27H30F2N4O3.2ClH/c1-3-7-32-8-9-33(24(16-32)27(34)35)25-22(28)14-23(29)26(31-25)36-21-11-17(2)10-20(13-21)19-6-4-5-18(12-19)15-30;;/h4-6,10-14,24H,3,7-9,15-16,30H2,1-2H3,(H,34,35);2*1H. The molecule has 38 heavy (non-hydrogen) atoms. The topological polar surface area (TPSA) is 91.9 Å². The highest BCUT2D eigenvalue weighted by atomic mass is 35.5. The van der Waals surface area contributed by atoms with Crippen LogP contribution in [0.4, 0.5) is 14.6 Å². The van der Waals surface area contributed by atoms with Crippen molar-refractivity contribution >= 4 is 36.6 Å². The zero-order chi connectivity index (χ0) is 25.8. The number of nitrogens with zero attached hydrogens (tertiary/aromatic N) is 3. The Bertz CT molecular complexity index is 1260. The summed E-state index contributed by atoms with van der Waals surface area (Å²) in [7, 11) is 0. The Hall–Kier alpha value is -2.98. The fourth-order valence-electron chi connectivity index (χ4n) is 4.50. The Morgan fingerprint density at radius 1 is 1.11 bits per heavy atom. The zero-order valence-electron chi connectivity index (χ0n) is 21.2. The molecule has 7 nitrogen and oxygen atoms in total. The summed E-state index contributed by atoms with van der Waals surface area (Å²) in [5.41, 5.74) is 9.39. The van der Waals surface area contributed by atoms with Gasteiger partial charge in [-0.15, -0.1) is 24.8 Å². The molecule has 1 fully saturated rings. The first-order valence-electron chi connectivity index (χ1n) is 12.0. The Kier molecular flexibility index (Phi) is 11.3. The van der Waals surface area contributed by atoms with Gasteiger partial charge in [0.05, 0.1) is 0 Å². The largest absolute Gasteiger partial charge is 0.480 e. The lowest BCUT2D eigenvalue weighted by Crippen LogP contribution is -2.57. The molecule has 3 aromatic rings. The molecule has 0 radical (unpaired) electrons. The second-order valence-electron chi connectivity index (χ2n) is 8.97. The number of carboxylic acids is 1. The SMILES string of the molecule is CCCN1CCN(c2nc(Oc3cc(C)cc(-c4cccc(CN)c4)c3)c(F)cc2F)C(C(=O)O)C1.Cl.Cl. The van der Waals surface area contributed by atoms with Gasteiger partial charge in [0.15, 0.2) is 17.5 Å². The molecule has 1 unspecified atom stereocenters. The number of anilines is 1. The normalized spacial score (nSPS) is 15.4. The van der Waals surface area contributed by atoms with E-state index < -0.39 is 29.5 Å². The molecule has 1 atom stereocenters. The molecule has 206 valence electrons. The molecule has 0 aliphatic carbocycles. The first-order valence-corrected chi connectivity index (χ1v) is 12.0. The molecule has 1 aliphatic heterocycles. The fourth-order valence-corrected chi connectivity index (χ4v) is 4.50. The smallest absolute Gasteiger partial charge is 0.327 e. The molecule has 1 aliphatic rings. The molecule has 0 bridgehead atoms. The average molecular weight is 569 g/mol. The predicted molar refractivity (Wildman–Crippen MR) is 149 cm³/mol. The van der Waals surface area contributed by atoms with Crippen LogP contribution in [-0.2, 0) is 11.3 Å². The predicted octanol–water partition coefficient (Wildman–Crippen LogP) is 5.42. The van der Waals surface area contributed by atoms with Gasteiger partial charge < -0.3 is 20.5 Å². The van der Waals surface area contributed by atoms with Crippen LogP contribution in [0, 0.1) is 18.6 Å². The molecule has 4 rings (SSSR count). The molecule has 2 heterocycles. The molecular formula is C27H32Cl2F2N4O3. The van der Waals surface area contributed by atoms with Gasteiger partial charge in [-0.3, -0.25) is 4.90 Å². The summed E-state index contributed by atoms with van der Waals surface area (Å²) < 4.78 is 35.4. The average Bonchev–Trinajstić information content (AvgIpc) is 2.85. The van der Waals surface area contributed by atoms with Crippen molar-refractivity contribution in [2.45, 2.75) is 32.9 Å². The Labute approximate surface area is 233 Å². The highest BCUT2D eigenvalue weighted by Crippen LogP contribution is 2.33. The third-order valence-electron chi connectivity index (χ3n) is 6.20. The number of aromatic nitrogens is 1. The van der Waals surface area contributed by atoms with Crippen molar-refractivity contribution in [1.82, 2.24) is 9.88 Å². The van der Waals surface area contributed by atoms with Crippen LogP contribution in [0.1, 0.15) is 24.5 Å². The summed E-state index contributed by atoms with van der Waals surface area (Å²) in [6.45, 7) is 6.07. The van der Waals surface area contributed by atoms with E-state index in [-0.39, 0.29) is 43.7 Å². The summed E-state index contributed by atoms with van der Waals surface area (Å²) in [5, 5.41) is 9.78. The van der Waals surface area contributed by atoms with E-state index in [1.54, 1.807) is 12.1 Å². The Morgan fingerprint density at radius 3 is 2.55 bits per heavy atom. The van der Waals surface area contributed by atoms with Crippen molar-refractivity contribution < 1.29 is 23.4 Å². The Balaban J connectivity index is 0.00000253. The number of nitrogens with two attached hydrogens (primary N) is 1. The first-order chi connectivity index (χ1) is 17.3. The van der Waals surface area contributed by atoms with Gasteiger partial charge in [-0.25, -0.2) is 13.6 Å². The van der Waals surface area contributed by atoms with Crippen LogP contribution < -0.4 is 15.4 Å². The lowest BCUT2D eigenvalue weighted by Gasteiger charge is -2.40. The monoisotopic (exact) mass is 568 g/mol. The van der Waals surface area contributed by atoms with Crippen LogP contribution in [0.2, 0.25) is 0 Å². The number of piperazine rings is 1. The second kappa shape index (κ2) is 13.7. The van der Waals surface area contributed by atoms with Crippen molar-refractivity contribution in [2.24, 2.45) is 5.73 Å². The number of halogens is 4. The van der Waals surface area contributed by atoms with Gasteiger partial charge in [-0.1, -0.05) is 31.2 Å². The van der Waals surface area contributed by atoms with Crippen LogP contribution >= 0.6 is 24.8 Å². The van der Waals surface area contributed by atoms with E-state index >= 15 is 0 Å². The Morgan fingerprint density at radius 2 is 1.87 bits per heavy atom. The molecule has 0 saturated carbocycles. The third kappa shape index (κ3) is 7.11. The van der Waals surface area contributed by atoms with Crippen molar-refractivity contribution in [2.75, 3.05) is 31.1 Å². The molecule has 0 amide bonds. The van der Waals surface area contributed by atoms with Crippen LogP contribution in [0.15, 0.2) is 48.5 Å².